The topological polar surface area (TPSA) is 72.4 Å². The maximum absolute atomic E-state index is 11.5. The predicted molar refractivity (Wildman–Crippen MR) is 80.4 cm³/mol. The lowest BCUT2D eigenvalue weighted by Gasteiger charge is -2.33. The summed E-state index contributed by atoms with van der Waals surface area (Å²) in [6.07, 6.45) is 1.61. The third kappa shape index (κ3) is 6.31. The molecule has 21 heavy (non-hydrogen) atoms. The van der Waals surface area contributed by atoms with E-state index in [1.165, 1.54) is 7.11 Å². The van der Waals surface area contributed by atoms with Crippen LogP contribution in [0.15, 0.2) is 4.99 Å². The van der Waals surface area contributed by atoms with Crippen LogP contribution in [0.4, 0.5) is 0 Å². The van der Waals surface area contributed by atoms with Gasteiger partial charge in [-0.15, -0.1) is 0 Å². The Hall–Kier alpha value is -1.34. The molecule has 0 aliphatic carbocycles. The smallest absolute Gasteiger partial charge is 0.308 e. The van der Waals surface area contributed by atoms with Crippen LogP contribution in [0.3, 0.4) is 0 Å². The zero-order valence-electron chi connectivity index (χ0n) is 13.3. The number of likely N-dealkylation sites (tertiary alicyclic amines) is 1. The molecular weight excluding hydrogens is 274 g/mol. The lowest BCUT2D eigenvalue weighted by Crippen LogP contribution is -2.47. The van der Waals surface area contributed by atoms with Crippen LogP contribution >= 0.6 is 0 Å². The molecule has 0 aromatic heterocycles. The molecule has 0 unspecified atom stereocenters. The quantitative estimate of drug-likeness (QED) is 0.311. The van der Waals surface area contributed by atoms with Gasteiger partial charge in [0.1, 0.15) is 0 Å². The summed E-state index contributed by atoms with van der Waals surface area (Å²) in [5.41, 5.74) is 0. The van der Waals surface area contributed by atoms with Gasteiger partial charge in [0.05, 0.1) is 32.8 Å². The Balaban J connectivity index is 2.23. The Bertz CT molecular complexity index is 328. The van der Waals surface area contributed by atoms with E-state index >= 15 is 0 Å². The lowest BCUT2D eigenvalue weighted by molar-refractivity contribution is -0.146. The molecule has 1 heterocycles. The van der Waals surface area contributed by atoms with Crippen LogP contribution in [-0.4, -0.2) is 77.6 Å². The number of hydrogen-bond acceptors (Lipinski definition) is 5. The molecule has 7 heteroatoms. The second kappa shape index (κ2) is 10.4. The van der Waals surface area contributed by atoms with Crippen molar-refractivity contribution in [1.29, 1.82) is 0 Å². The summed E-state index contributed by atoms with van der Waals surface area (Å²) in [5, 5.41) is 3.27. The van der Waals surface area contributed by atoms with E-state index in [4.69, 9.17) is 14.2 Å². The number of rotatable bonds is 7. The SMILES string of the molecule is CN=C(NCCOCCOC)N1CCC(C(=O)OC)CC1. The first kappa shape index (κ1) is 17.7. The normalized spacial score (nSPS) is 16.9. The first-order valence-electron chi connectivity index (χ1n) is 7.33. The molecule has 1 fully saturated rings. The van der Waals surface area contributed by atoms with E-state index in [-0.39, 0.29) is 11.9 Å². The van der Waals surface area contributed by atoms with Crippen LogP contribution in [0.2, 0.25) is 0 Å². The highest BCUT2D eigenvalue weighted by Gasteiger charge is 2.26. The van der Waals surface area contributed by atoms with E-state index in [0.717, 1.165) is 31.9 Å². The fourth-order valence-electron chi connectivity index (χ4n) is 2.31. The number of hydrogen-bond donors (Lipinski definition) is 1. The standard InChI is InChI=1S/C14H27N3O4/c1-15-14(16-6-9-21-11-10-19-2)17-7-4-12(5-8-17)13(18)20-3/h12H,4-11H2,1-3H3,(H,15,16). The highest BCUT2D eigenvalue weighted by molar-refractivity contribution is 5.80. The van der Waals surface area contributed by atoms with Crippen molar-refractivity contribution in [2.45, 2.75) is 12.8 Å². The number of nitrogens with zero attached hydrogens (tertiary/aromatic N) is 2. The molecule has 1 aliphatic heterocycles. The van der Waals surface area contributed by atoms with Crippen LogP contribution in [0.1, 0.15) is 12.8 Å². The number of piperidine rings is 1. The van der Waals surface area contributed by atoms with Crippen LogP contribution in [0.25, 0.3) is 0 Å². The average molecular weight is 301 g/mol. The Morgan fingerprint density at radius 1 is 1.24 bits per heavy atom. The Labute approximate surface area is 126 Å². The minimum Gasteiger partial charge on any atom is -0.469 e. The molecule has 1 saturated heterocycles. The van der Waals surface area contributed by atoms with Crippen molar-refractivity contribution in [1.82, 2.24) is 10.2 Å². The molecule has 0 aromatic carbocycles. The molecule has 0 spiro atoms. The minimum atomic E-state index is -0.107. The zero-order chi connectivity index (χ0) is 15.5. The van der Waals surface area contributed by atoms with E-state index in [1.807, 2.05) is 0 Å². The van der Waals surface area contributed by atoms with Gasteiger partial charge in [0.15, 0.2) is 5.96 Å². The number of guanidine groups is 1. The zero-order valence-corrected chi connectivity index (χ0v) is 13.3. The monoisotopic (exact) mass is 301 g/mol. The largest absolute Gasteiger partial charge is 0.469 e. The van der Waals surface area contributed by atoms with Crippen molar-refractivity contribution in [2.75, 3.05) is 60.7 Å². The second-order valence-electron chi connectivity index (χ2n) is 4.86. The van der Waals surface area contributed by atoms with E-state index in [9.17, 15) is 4.79 Å². The van der Waals surface area contributed by atoms with Crippen molar-refractivity contribution in [2.24, 2.45) is 10.9 Å². The molecule has 1 N–H and O–H groups in total. The van der Waals surface area contributed by atoms with E-state index in [0.29, 0.717) is 26.4 Å². The number of ether oxygens (including phenoxy) is 3. The molecule has 1 aliphatic rings. The summed E-state index contributed by atoms with van der Waals surface area (Å²) in [7, 11) is 4.86. The molecule has 122 valence electrons. The van der Waals surface area contributed by atoms with Crippen LogP contribution in [-0.2, 0) is 19.0 Å². The molecule has 0 saturated carbocycles. The van der Waals surface area contributed by atoms with Crippen molar-refractivity contribution in [3.63, 3.8) is 0 Å². The number of carbonyl (C=O) groups is 1. The first-order chi connectivity index (χ1) is 10.2. The Morgan fingerprint density at radius 3 is 2.52 bits per heavy atom. The summed E-state index contributed by atoms with van der Waals surface area (Å²) in [6.45, 7) is 4.14. The maximum atomic E-state index is 11.5. The third-order valence-corrected chi connectivity index (χ3v) is 3.50. The molecule has 0 aromatic rings. The molecular formula is C14H27N3O4. The van der Waals surface area contributed by atoms with Gasteiger partial charge in [0.25, 0.3) is 0 Å². The molecule has 7 nitrogen and oxygen atoms in total. The number of aliphatic imine (C=N–C) groups is 1. The highest BCUT2D eigenvalue weighted by Crippen LogP contribution is 2.18. The second-order valence-corrected chi connectivity index (χ2v) is 4.86. The number of carbonyl (C=O) groups excluding carboxylic acids is 1. The predicted octanol–water partition coefficient (Wildman–Crippen LogP) is 0.110. The van der Waals surface area contributed by atoms with Crippen molar-refractivity contribution < 1.29 is 19.0 Å². The van der Waals surface area contributed by atoms with Gasteiger partial charge in [0.2, 0.25) is 0 Å². The number of nitrogens with one attached hydrogen (secondary N) is 1. The summed E-state index contributed by atoms with van der Waals surface area (Å²) in [4.78, 5) is 17.9. The molecule has 0 amide bonds. The highest BCUT2D eigenvalue weighted by atomic mass is 16.5. The molecule has 0 atom stereocenters. The van der Waals surface area contributed by atoms with E-state index < -0.39 is 0 Å². The van der Waals surface area contributed by atoms with Crippen molar-refractivity contribution in [3.05, 3.63) is 0 Å². The Kier molecular flexibility index (Phi) is 8.77. The van der Waals surface area contributed by atoms with E-state index in [2.05, 4.69) is 15.2 Å². The Morgan fingerprint density at radius 2 is 1.95 bits per heavy atom. The third-order valence-electron chi connectivity index (χ3n) is 3.50. The van der Waals surface area contributed by atoms with Gasteiger partial charge in [-0.1, -0.05) is 0 Å². The van der Waals surface area contributed by atoms with Crippen LogP contribution in [0, 0.1) is 5.92 Å². The van der Waals surface area contributed by atoms with Gasteiger partial charge in [-0.3, -0.25) is 9.79 Å². The van der Waals surface area contributed by atoms with Gasteiger partial charge >= 0.3 is 5.97 Å². The van der Waals surface area contributed by atoms with Crippen LogP contribution in [0.5, 0.6) is 0 Å². The maximum Gasteiger partial charge on any atom is 0.308 e. The summed E-state index contributed by atoms with van der Waals surface area (Å²) in [5.74, 6) is 0.763. The molecule has 0 radical (unpaired) electrons. The van der Waals surface area contributed by atoms with Gasteiger partial charge in [0, 0.05) is 33.8 Å². The first-order valence-corrected chi connectivity index (χ1v) is 7.33. The number of esters is 1. The molecule has 0 bridgehead atoms. The average Bonchev–Trinajstić information content (AvgIpc) is 2.54. The fourth-order valence-corrected chi connectivity index (χ4v) is 2.31. The van der Waals surface area contributed by atoms with E-state index in [1.54, 1.807) is 14.2 Å². The lowest BCUT2D eigenvalue weighted by atomic mass is 9.97. The van der Waals surface area contributed by atoms with Gasteiger partial charge in [-0.05, 0) is 12.8 Å². The summed E-state index contributed by atoms with van der Waals surface area (Å²) in [6, 6.07) is 0. The van der Waals surface area contributed by atoms with Crippen molar-refractivity contribution >= 4 is 11.9 Å². The number of methoxy groups -OCH3 is 2. The summed E-state index contributed by atoms with van der Waals surface area (Å²) < 4.78 is 15.1. The van der Waals surface area contributed by atoms with Gasteiger partial charge < -0.3 is 24.4 Å². The minimum absolute atomic E-state index is 0.0155. The molecule has 1 rings (SSSR count). The van der Waals surface area contributed by atoms with Crippen molar-refractivity contribution in [3.8, 4) is 0 Å². The van der Waals surface area contributed by atoms with Gasteiger partial charge in [-0.25, -0.2) is 0 Å². The van der Waals surface area contributed by atoms with Gasteiger partial charge in [-0.2, -0.15) is 0 Å². The fraction of sp³-hybridized carbons (Fsp3) is 0.857. The summed E-state index contributed by atoms with van der Waals surface area (Å²) >= 11 is 0. The van der Waals surface area contributed by atoms with Crippen LogP contribution < -0.4 is 5.32 Å².